The number of halogens is 2. The summed E-state index contributed by atoms with van der Waals surface area (Å²) in [7, 11) is 0. The molecule has 0 saturated carbocycles. The zero-order valence-electron chi connectivity index (χ0n) is 8.92. The van der Waals surface area contributed by atoms with E-state index in [1.807, 2.05) is 12.1 Å². The number of benzene rings is 1. The topological polar surface area (TPSA) is 41.3 Å². The van der Waals surface area contributed by atoms with E-state index >= 15 is 0 Å². The van der Waals surface area contributed by atoms with Gasteiger partial charge in [0.1, 0.15) is 0 Å². The van der Waals surface area contributed by atoms with Crippen LogP contribution < -0.4 is 16.0 Å². The second-order valence-electron chi connectivity index (χ2n) is 3.91. The van der Waals surface area contributed by atoms with Gasteiger partial charge in [0.2, 0.25) is 0 Å². The maximum atomic E-state index is 6.19. The van der Waals surface area contributed by atoms with Crippen molar-refractivity contribution in [1.82, 2.24) is 5.32 Å². The number of rotatable bonds is 2. The van der Waals surface area contributed by atoms with Crippen LogP contribution in [0, 0.1) is 0 Å². The van der Waals surface area contributed by atoms with Crippen LogP contribution in [0.3, 0.4) is 0 Å². The maximum Gasteiger partial charge on any atom is 0.0825 e. The van der Waals surface area contributed by atoms with E-state index in [1.165, 1.54) is 0 Å². The Morgan fingerprint density at radius 2 is 2.25 bits per heavy atom. The number of anilines is 1. The molecule has 3 nitrogen and oxygen atoms in total. The lowest BCUT2D eigenvalue weighted by atomic mass is 10.2. The number of hydrogen-bond acceptors (Lipinski definition) is 3. The van der Waals surface area contributed by atoms with Gasteiger partial charge in [0.05, 0.1) is 15.7 Å². The molecule has 1 aliphatic heterocycles. The van der Waals surface area contributed by atoms with Crippen molar-refractivity contribution < 1.29 is 0 Å². The third kappa shape index (κ3) is 2.43. The van der Waals surface area contributed by atoms with Gasteiger partial charge < -0.3 is 16.0 Å². The Balaban J connectivity index is 2.20. The van der Waals surface area contributed by atoms with Gasteiger partial charge in [-0.3, -0.25) is 0 Å². The number of hydrogen-bond donors (Lipinski definition) is 2. The Kier molecular flexibility index (Phi) is 3.92. The third-order valence-electron chi connectivity index (χ3n) is 2.81. The maximum absolute atomic E-state index is 6.19. The number of nitrogens with two attached hydrogens (primary N) is 1. The Morgan fingerprint density at radius 3 is 3.00 bits per heavy atom. The molecular weight excluding hydrogens is 245 g/mol. The molecule has 0 spiro atoms. The van der Waals surface area contributed by atoms with Crippen molar-refractivity contribution in [3.8, 4) is 0 Å². The highest BCUT2D eigenvalue weighted by Gasteiger charge is 2.20. The van der Waals surface area contributed by atoms with Crippen LogP contribution in [0.5, 0.6) is 0 Å². The zero-order valence-corrected chi connectivity index (χ0v) is 10.4. The van der Waals surface area contributed by atoms with Crippen molar-refractivity contribution in [2.45, 2.75) is 6.04 Å². The van der Waals surface area contributed by atoms with Crippen molar-refractivity contribution in [2.75, 3.05) is 31.1 Å². The van der Waals surface area contributed by atoms with Crippen LogP contribution in [0.1, 0.15) is 0 Å². The monoisotopic (exact) mass is 259 g/mol. The summed E-state index contributed by atoms with van der Waals surface area (Å²) < 4.78 is 0. The Hall–Kier alpha value is -0.480. The number of piperazine rings is 1. The van der Waals surface area contributed by atoms with Crippen LogP contribution in [0.2, 0.25) is 10.0 Å². The van der Waals surface area contributed by atoms with E-state index in [4.69, 9.17) is 28.9 Å². The van der Waals surface area contributed by atoms with Gasteiger partial charge in [-0.15, -0.1) is 0 Å². The van der Waals surface area contributed by atoms with Gasteiger partial charge in [-0.05, 0) is 12.1 Å². The highest BCUT2D eigenvalue weighted by Crippen LogP contribution is 2.32. The summed E-state index contributed by atoms with van der Waals surface area (Å²) >= 11 is 12.2. The van der Waals surface area contributed by atoms with E-state index in [1.54, 1.807) is 6.07 Å². The largest absolute Gasteiger partial charge is 0.367 e. The SMILES string of the molecule is NCC1CN(c2cccc(Cl)c2Cl)CCN1. The molecule has 1 aromatic rings. The minimum atomic E-state index is 0.323. The van der Waals surface area contributed by atoms with E-state index in [2.05, 4.69) is 10.2 Å². The molecule has 0 aromatic heterocycles. The van der Waals surface area contributed by atoms with Crippen LogP contribution in [0.4, 0.5) is 5.69 Å². The summed E-state index contributed by atoms with van der Waals surface area (Å²) in [6.07, 6.45) is 0. The first-order valence-electron chi connectivity index (χ1n) is 5.35. The van der Waals surface area contributed by atoms with Crippen LogP contribution in [0.15, 0.2) is 18.2 Å². The fourth-order valence-corrected chi connectivity index (χ4v) is 2.35. The molecule has 2 rings (SSSR count). The molecule has 1 atom stereocenters. The molecule has 1 aliphatic rings. The molecule has 0 aliphatic carbocycles. The fraction of sp³-hybridized carbons (Fsp3) is 0.455. The lowest BCUT2D eigenvalue weighted by molar-refractivity contribution is 0.463. The minimum Gasteiger partial charge on any atom is -0.367 e. The summed E-state index contributed by atoms with van der Waals surface area (Å²) in [5.41, 5.74) is 6.66. The Bertz CT molecular complexity index is 370. The van der Waals surface area contributed by atoms with E-state index < -0.39 is 0 Å². The molecule has 0 bridgehead atoms. The van der Waals surface area contributed by atoms with Crippen molar-refractivity contribution in [1.29, 1.82) is 0 Å². The number of nitrogens with zero attached hydrogens (tertiary/aromatic N) is 1. The Labute approximate surface area is 106 Å². The molecular formula is C11H15Cl2N3. The first-order chi connectivity index (χ1) is 7.72. The summed E-state index contributed by atoms with van der Waals surface area (Å²) in [6.45, 7) is 3.35. The van der Waals surface area contributed by atoms with E-state index in [-0.39, 0.29) is 0 Å². The van der Waals surface area contributed by atoms with E-state index in [9.17, 15) is 0 Å². The molecule has 1 heterocycles. The second kappa shape index (κ2) is 5.23. The lowest BCUT2D eigenvalue weighted by Crippen LogP contribution is -2.53. The van der Waals surface area contributed by atoms with Crippen molar-refractivity contribution >= 4 is 28.9 Å². The Morgan fingerprint density at radius 1 is 1.44 bits per heavy atom. The van der Waals surface area contributed by atoms with Gasteiger partial charge in [0.15, 0.2) is 0 Å². The average molecular weight is 260 g/mol. The molecule has 1 fully saturated rings. The smallest absolute Gasteiger partial charge is 0.0825 e. The van der Waals surface area contributed by atoms with Gasteiger partial charge in [0.25, 0.3) is 0 Å². The molecule has 0 amide bonds. The van der Waals surface area contributed by atoms with Crippen LogP contribution in [-0.2, 0) is 0 Å². The predicted molar refractivity (Wildman–Crippen MR) is 69.5 cm³/mol. The second-order valence-corrected chi connectivity index (χ2v) is 4.69. The lowest BCUT2D eigenvalue weighted by Gasteiger charge is -2.35. The average Bonchev–Trinajstić information content (AvgIpc) is 2.33. The molecule has 3 N–H and O–H groups in total. The quantitative estimate of drug-likeness (QED) is 0.850. The first kappa shape index (κ1) is 12.0. The fourth-order valence-electron chi connectivity index (χ4n) is 1.94. The van der Waals surface area contributed by atoms with Crippen molar-refractivity contribution in [2.24, 2.45) is 5.73 Å². The van der Waals surface area contributed by atoms with E-state index in [0.29, 0.717) is 22.6 Å². The number of nitrogens with one attached hydrogen (secondary N) is 1. The molecule has 88 valence electrons. The molecule has 5 heteroatoms. The summed E-state index contributed by atoms with van der Waals surface area (Å²) in [5.74, 6) is 0. The highest BCUT2D eigenvalue weighted by atomic mass is 35.5. The third-order valence-corrected chi connectivity index (χ3v) is 3.62. The van der Waals surface area contributed by atoms with Gasteiger partial charge in [-0.2, -0.15) is 0 Å². The molecule has 0 radical (unpaired) electrons. The van der Waals surface area contributed by atoms with Gasteiger partial charge >= 0.3 is 0 Å². The van der Waals surface area contributed by atoms with Gasteiger partial charge in [-0.1, -0.05) is 29.3 Å². The van der Waals surface area contributed by atoms with Crippen molar-refractivity contribution in [3.63, 3.8) is 0 Å². The normalized spacial score (nSPS) is 21.2. The summed E-state index contributed by atoms with van der Waals surface area (Å²) in [4.78, 5) is 2.22. The summed E-state index contributed by atoms with van der Waals surface area (Å²) in [6, 6.07) is 6.04. The van der Waals surface area contributed by atoms with Crippen LogP contribution >= 0.6 is 23.2 Å². The molecule has 1 unspecified atom stereocenters. The molecule has 1 saturated heterocycles. The predicted octanol–water partition coefficient (Wildman–Crippen LogP) is 1.73. The molecule has 1 aromatic carbocycles. The molecule has 16 heavy (non-hydrogen) atoms. The van der Waals surface area contributed by atoms with Crippen molar-refractivity contribution in [3.05, 3.63) is 28.2 Å². The van der Waals surface area contributed by atoms with Gasteiger partial charge in [0, 0.05) is 32.2 Å². The van der Waals surface area contributed by atoms with Crippen LogP contribution in [-0.4, -0.2) is 32.2 Å². The highest BCUT2D eigenvalue weighted by molar-refractivity contribution is 6.43. The first-order valence-corrected chi connectivity index (χ1v) is 6.10. The zero-order chi connectivity index (χ0) is 11.5. The van der Waals surface area contributed by atoms with E-state index in [0.717, 1.165) is 25.3 Å². The van der Waals surface area contributed by atoms with Gasteiger partial charge in [-0.25, -0.2) is 0 Å². The standard InChI is InChI=1S/C11H15Cl2N3/c12-9-2-1-3-10(11(9)13)16-5-4-15-8(6-14)7-16/h1-3,8,15H,4-7,14H2. The van der Waals surface area contributed by atoms with Crippen LogP contribution in [0.25, 0.3) is 0 Å². The minimum absolute atomic E-state index is 0.323. The summed E-state index contributed by atoms with van der Waals surface area (Å²) in [5, 5.41) is 4.59.